The highest BCUT2D eigenvalue weighted by Crippen LogP contribution is 2.12. The van der Waals surface area contributed by atoms with E-state index in [2.05, 4.69) is 25.6 Å². The van der Waals surface area contributed by atoms with Gasteiger partial charge in [-0.25, -0.2) is 9.97 Å². The topological polar surface area (TPSA) is 71.4 Å². The van der Waals surface area contributed by atoms with Gasteiger partial charge in [0, 0.05) is 38.1 Å². The highest BCUT2D eigenvalue weighted by atomic mass is 35.5. The Kier molecular flexibility index (Phi) is 6.62. The SMILES string of the molecule is CN=C(NCCc1ccc(Cl)nc1)NCc1cccnc1OC. The molecule has 0 bridgehead atoms. The van der Waals surface area contributed by atoms with E-state index >= 15 is 0 Å². The zero-order valence-electron chi connectivity index (χ0n) is 13.2. The van der Waals surface area contributed by atoms with Gasteiger partial charge < -0.3 is 15.4 Å². The summed E-state index contributed by atoms with van der Waals surface area (Å²) in [4.78, 5) is 12.4. The largest absolute Gasteiger partial charge is 0.481 e. The molecule has 0 unspecified atom stereocenters. The van der Waals surface area contributed by atoms with Gasteiger partial charge in [-0.1, -0.05) is 23.7 Å². The molecule has 0 radical (unpaired) electrons. The number of halogens is 1. The van der Waals surface area contributed by atoms with E-state index in [0.717, 1.165) is 30.1 Å². The van der Waals surface area contributed by atoms with Gasteiger partial charge >= 0.3 is 0 Å². The van der Waals surface area contributed by atoms with E-state index in [1.54, 1.807) is 32.6 Å². The van der Waals surface area contributed by atoms with E-state index < -0.39 is 0 Å². The Morgan fingerprint density at radius 2 is 2.13 bits per heavy atom. The third kappa shape index (κ3) is 5.41. The predicted octanol–water partition coefficient (Wildman–Crippen LogP) is 2.05. The fraction of sp³-hybridized carbons (Fsp3) is 0.312. The van der Waals surface area contributed by atoms with Crippen LogP contribution in [0.4, 0.5) is 0 Å². The number of nitrogens with one attached hydrogen (secondary N) is 2. The molecule has 0 atom stereocenters. The van der Waals surface area contributed by atoms with Gasteiger partial charge in [-0.15, -0.1) is 0 Å². The Bertz CT molecular complexity index is 645. The molecule has 2 N–H and O–H groups in total. The van der Waals surface area contributed by atoms with Gasteiger partial charge in [-0.05, 0) is 24.1 Å². The normalized spacial score (nSPS) is 11.2. The molecule has 0 aliphatic carbocycles. The van der Waals surface area contributed by atoms with Gasteiger partial charge in [-0.3, -0.25) is 4.99 Å². The minimum atomic E-state index is 0.504. The first-order valence-electron chi connectivity index (χ1n) is 7.25. The lowest BCUT2D eigenvalue weighted by molar-refractivity contribution is 0.392. The quantitative estimate of drug-likeness (QED) is 0.481. The Morgan fingerprint density at radius 1 is 1.26 bits per heavy atom. The molecule has 2 rings (SSSR count). The second-order valence-corrected chi connectivity index (χ2v) is 5.15. The summed E-state index contributed by atoms with van der Waals surface area (Å²) in [7, 11) is 3.35. The average molecular weight is 334 g/mol. The number of rotatable bonds is 6. The van der Waals surface area contributed by atoms with Crippen molar-refractivity contribution in [3.05, 3.63) is 52.9 Å². The molecule has 2 aromatic heterocycles. The molecule has 6 nitrogen and oxygen atoms in total. The van der Waals surface area contributed by atoms with Crippen LogP contribution in [0.25, 0.3) is 0 Å². The average Bonchev–Trinajstić information content (AvgIpc) is 2.59. The molecule has 0 aliphatic heterocycles. The minimum Gasteiger partial charge on any atom is -0.481 e. The number of hydrogen-bond acceptors (Lipinski definition) is 4. The minimum absolute atomic E-state index is 0.504. The molecular weight excluding hydrogens is 314 g/mol. The van der Waals surface area contributed by atoms with Crippen molar-refractivity contribution in [1.29, 1.82) is 0 Å². The molecule has 2 aromatic rings. The maximum Gasteiger partial charge on any atom is 0.218 e. The van der Waals surface area contributed by atoms with Crippen LogP contribution < -0.4 is 15.4 Å². The summed E-state index contributed by atoms with van der Waals surface area (Å²) >= 11 is 5.77. The third-order valence-electron chi connectivity index (χ3n) is 3.21. The number of ether oxygens (including phenoxy) is 1. The second kappa shape index (κ2) is 8.95. The Morgan fingerprint density at radius 3 is 2.83 bits per heavy atom. The smallest absolute Gasteiger partial charge is 0.218 e. The van der Waals surface area contributed by atoms with Gasteiger partial charge in [0.2, 0.25) is 5.88 Å². The zero-order valence-corrected chi connectivity index (χ0v) is 14.0. The van der Waals surface area contributed by atoms with Crippen molar-refractivity contribution in [3.63, 3.8) is 0 Å². The highest BCUT2D eigenvalue weighted by Gasteiger charge is 2.04. The van der Waals surface area contributed by atoms with Crippen LogP contribution in [-0.4, -0.2) is 36.6 Å². The van der Waals surface area contributed by atoms with Crippen molar-refractivity contribution in [2.75, 3.05) is 20.7 Å². The van der Waals surface area contributed by atoms with Crippen molar-refractivity contribution in [2.24, 2.45) is 4.99 Å². The standard InChI is InChI=1S/C16H20ClN5O/c1-18-16(20-9-7-12-5-6-14(17)21-10-12)22-11-13-4-3-8-19-15(13)23-2/h3-6,8,10H,7,9,11H2,1-2H3,(H2,18,20,22). The molecule has 0 spiro atoms. The number of aliphatic imine (C=N–C) groups is 1. The lowest BCUT2D eigenvalue weighted by Crippen LogP contribution is -2.37. The molecule has 0 saturated heterocycles. The molecule has 122 valence electrons. The molecule has 0 aliphatic rings. The van der Waals surface area contributed by atoms with E-state index in [1.165, 1.54) is 0 Å². The van der Waals surface area contributed by atoms with Crippen molar-refractivity contribution >= 4 is 17.6 Å². The molecular formula is C16H20ClN5O. The van der Waals surface area contributed by atoms with Crippen molar-refractivity contribution in [1.82, 2.24) is 20.6 Å². The molecule has 2 heterocycles. The van der Waals surface area contributed by atoms with Crippen LogP contribution in [0.1, 0.15) is 11.1 Å². The van der Waals surface area contributed by atoms with Crippen molar-refractivity contribution in [3.8, 4) is 5.88 Å². The van der Waals surface area contributed by atoms with Crippen LogP contribution in [0.2, 0.25) is 5.15 Å². The predicted molar refractivity (Wildman–Crippen MR) is 91.9 cm³/mol. The van der Waals surface area contributed by atoms with E-state index in [0.29, 0.717) is 17.6 Å². The van der Waals surface area contributed by atoms with Gasteiger partial charge in [-0.2, -0.15) is 0 Å². The number of nitrogens with zero attached hydrogens (tertiary/aromatic N) is 3. The van der Waals surface area contributed by atoms with Crippen molar-refractivity contribution < 1.29 is 4.74 Å². The lowest BCUT2D eigenvalue weighted by atomic mass is 10.2. The summed E-state index contributed by atoms with van der Waals surface area (Å²) in [5.41, 5.74) is 2.09. The maximum absolute atomic E-state index is 5.77. The third-order valence-corrected chi connectivity index (χ3v) is 3.43. The zero-order chi connectivity index (χ0) is 16.5. The Labute approximate surface area is 141 Å². The van der Waals surface area contributed by atoms with Gasteiger partial charge in [0.25, 0.3) is 0 Å². The molecule has 0 saturated carbocycles. The molecule has 0 fully saturated rings. The fourth-order valence-corrected chi connectivity index (χ4v) is 2.13. The summed E-state index contributed by atoms with van der Waals surface area (Å²) in [6.07, 6.45) is 4.32. The first-order valence-corrected chi connectivity index (χ1v) is 7.63. The number of pyridine rings is 2. The molecule has 23 heavy (non-hydrogen) atoms. The van der Waals surface area contributed by atoms with Crippen LogP contribution in [0, 0.1) is 0 Å². The van der Waals surface area contributed by atoms with Crippen LogP contribution in [0.5, 0.6) is 5.88 Å². The lowest BCUT2D eigenvalue weighted by Gasteiger charge is -2.13. The van der Waals surface area contributed by atoms with Crippen LogP contribution in [0.3, 0.4) is 0 Å². The Balaban J connectivity index is 1.80. The monoisotopic (exact) mass is 333 g/mol. The molecule has 0 aromatic carbocycles. The number of methoxy groups -OCH3 is 1. The van der Waals surface area contributed by atoms with Gasteiger partial charge in [0.05, 0.1) is 7.11 Å². The summed E-state index contributed by atoms with van der Waals surface area (Å²) in [5, 5.41) is 7.00. The van der Waals surface area contributed by atoms with Crippen LogP contribution in [-0.2, 0) is 13.0 Å². The maximum atomic E-state index is 5.77. The number of hydrogen-bond donors (Lipinski definition) is 2. The van der Waals surface area contributed by atoms with E-state index in [4.69, 9.17) is 16.3 Å². The fourth-order valence-electron chi connectivity index (χ4n) is 2.02. The van der Waals surface area contributed by atoms with Gasteiger partial charge in [0.1, 0.15) is 5.15 Å². The summed E-state index contributed by atoms with van der Waals surface area (Å²) in [6.45, 7) is 1.33. The van der Waals surface area contributed by atoms with E-state index in [1.807, 2.05) is 18.2 Å². The first-order chi connectivity index (χ1) is 11.2. The summed E-state index contributed by atoms with van der Waals surface area (Å²) < 4.78 is 5.23. The van der Waals surface area contributed by atoms with Crippen LogP contribution >= 0.6 is 11.6 Å². The summed E-state index contributed by atoms with van der Waals surface area (Å²) in [6, 6.07) is 7.60. The van der Waals surface area contributed by atoms with Crippen LogP contribution in [0.15, 0.2) is 41.7 Å². The van der Waals surface area contributed by atoms with Crippen molar-refractivity contribution in [2.45, 2.75) is 13.0 Å². The molecule has 0 amide bonds. The van der Waals surface area contributed by atoms with E-state index in [9.17, 15) is 0 Å². The number of guanidine groups is 1. The highest BCUT2D eigenvalue weighted by molar-refractivity contribution is 6.29. The molecule has 7 heteroatoms. The summed E-state index contributed by atoms with van der Waals surface area (Å²) in [5.74, 6) is 1.33. The second-order valence-electron chi connectivity index (χ2n) is 4.76. The Hall–Kier alpha value is -2.34. The van der Waals surface area contributed by atoms with Gasteiger partial charge in [0.15, 0.2) is 5.96 Å². The first kappa shape index (κ1) is 17.0. The number of aromatic nitrogens is 2. The van der Waals surface area contributed by atoms with E-state index in [-0.39, 0.29) is 0 Å².